The molecule has 11 heteroatoms. The molecule has 0 saturated carbocycles. The molecule has 0 spiro atoms. The van der Waals surface area contributed by atoms with Crippen LogP contribution in [0.25, 0.3) is 0 Å². The van der Waals surface area contributed by atoms with Crippen molar-refractivity contribution in [1.82, 2.24) is 35.3 Å². The van der Waals surface area contributed by atoms with Crippen molar-refractivity contribution in [2.75, 3.05) is 39.3 Å². The monoisotopic (exact) mass is 481 g/mol. The van der Waals surface area contributed by atoms with E-state index in [2.05, 4.69) is 25.5 Å². The van der Waals surface area contributed by atoms with Crippen LogP contribution in [-0.2, 0) is 16.1 Å². The molecule has 1 atom stereocenters. The molecule has 10 nitrogen and oxygen atoms in total. The minimum absolute atomic E-state index is 0.155. The summed E-state index contributed by atoms with van der Waals surface area (Å²) in [5.41, 5.74) is 1.43. The highest BCUT2D eigenvalue weighted by Crippen LogP contribution is 2.21. The van der Waals surface area contributed by atoms with Crippen molar-refractivity contribution in [2.24, 2.45) is 0 Å². The van der Waals surface area contributed by atoms with Gasteiger partial charge in [-0.05, 0) is 12.0 Å². The first-order valence-electron chi connectivity index (χ1n) is 11.5. The van der Waals surface area contributed by atoms with E-state index >= 15 is 0 Å². The molecule has 0 bridgehead atoms. The highest BCUT2D eigenvalue weighted by Gasteiger charge is 2.32. The van der Waals surface area contributed by atoms with Crippen molar-refractivity contribution in [3.8, 4) is 0 Å². The van der Waals surface area contributed by atoms with Crippen LogP contribution in [0.4, 0.5) is 4.39 Å². The van der Waals surface area contributed by atoms with Gasteiger partial charge in [0.1, 0.15) is 6.04 Å². The first kappa shape index (κ1) is 24.4. The standard InChI is InChI=1S/C24H28FN7O3/c25-19-15-29-30-21(19)24(34)32-11-4-10-31(12-13-32)22(20-16-26-7-8-27-20)23(33)28-9-14-35-17-18-5-2-1-3-6-18/h1-3,5-8,15-16,22H,4,9-14,17H2,(H,28,33)(H,29,30). The Morgan fingerprint density at radius 1 is 1.11 bits per heavy atom. The van der Waals surface area contributed by atoms with Gasteiger partial charge in [0.15, 0.2) is 11.5 Å². The van der Waals surface area contributed by atoms with Crippen molar-refractivity contribution in [1.29, 1.82) is 0 Å². The van der Waals surface area contributed by atoms with Crippen LogP contribution < -0.4 is 5.32 Å². The van der Waals surface area contributed by atoms with Crippen molar-refractivity contribution in [3.05, 3.63) is 77.9 Å². The molecule has 1 fully saturated rings. The number of ether oxygens (including phenoxy) is 1. The Bertz CT molecular complexity index is 1100. The topological polar surface area (TPSA) is 116 Å². The second kappa shape index (κ2) is 12.1. The molecule has 2 N–H and O–H groups in total. The van der Waals surface area contributed by atoms with E-state index in [1.165, 1.54) is 0 Å². The van der Waals surface area contributed by atoms with Crippen LogP contribution in [-0.4, -0.2) is 81.1 Å². The number of hydrogen-bond acceptors (Lipinski definition) is 7. The fourth-order valence-corrected chi connectivity index (χ4v) is 4.02. The SMILES string of the molecule is O=C(NCCOCc1ccccc1)C(c1cnccn1)N1CCCN(C(=O)c2[nH]ncc2F)CC1. The normalized spacial score (nSPS) is 15.4. The quantitative estimate of drug-likeness (QED) is 0.446. The zero-order valence-corrected chi connectivity index (χ0v) is 19.3. The molecule has 1 aliphatic heterocycles. The molecule has 184 valence electrons. The minimum Gasteiger partial charge on any atom is -0.375 e. The second-order valence-electron chi connectivity index (χ2n) is 8.14. The van der Waals surface area contributed by atoms with Gasteiger partial charge in [0.05, 0.1) is 31.3 Å². The Kier molecular flexibility index (Phi) is 8.47. The van der Waals surface area contributed by atoms with Crippen LogP contribution in [0.2, 0.25) is 0 Å². The lowest BCUT2D eigenvalue weighted by Gasteiger charge is -2.29. The van der Waals surface area contributed by atoms with Gasteiger partial charge in [0.2, 0.25) is 5.91 Å². The highest BCUT2D eigenvalue weighted by atomic mass is 19.1. The number of amides is 2. The average Bonchev–Trinajstić information content (AvgIpc) is 3.17. The minimum atomic E-state index is -0.678. The van der Waals surface area contributed by atoms with Crippen LogP contribution in [0.5, 0.6) is 0 Å². The number of aromatic nitrogens is 4. The third-order valence-electron chi connectivity index (χ3n) is 5.76. The van der Waals surface area contributed by atoms with Crippen molar-refractivity contribution < 1.29 is 18.7 Å². The van der Waals surface area contributed by atoms with Gasteiger partial charge in [-0.2, -0.15) is 5.10 Å². The van der Waals surface area contributed by atoms with E-state index in [-0.39, 0.29) is 11.6 Å². The summed E-state index contributed by atoms with van der Waals surface area (Å²) >= 11 is 0. The van der Waals surface area contributed by atoms with E-state index in [1.807, 2.05) is 35.2 Å². The number of aromatic amines is 1. The van der Waals surface area contributed by atoms with E-state index < -0.39 is 17.8 Å². The zero-order valence-electron chi connectivity index (χ0n) is 19.3. The van der Waals surface area contributed by atoms with E-state index in [0.717, 1.165) is 11.8 Å². The molecule has 35 heavy (non-hydrogen) atoms. The molecule has 3 heterocycles. The molecular weight excluding hydrogens is 453 g/mol. The lowest BCUT2D eigenvalue weighted by atomic mass is 10.1. The van der Waals surface area contributed by atoms with Gasteiger partial charge in [-0.1, -0.05) is 30.3 Å². The summed E-state index contributed by atoms with van der Waals surface area (Å²) < 4.78 is 19.5. The molecule has 4 rings (SSSR count). The Balaban J connectivity index is 1.36. The predicted octanol–water partition coefficient (Wildman–Crippen LogP) is 1.56. The van der Waals surface area contributed by atoms with Crippen molar-refractivity contribution >= 4 is 11.8 Å². The van der Waals surface area contributed by atoms with E-state index in [4.69, 9.17) is 4.74 Å². The first-order chi connectivity index (χ1) is 17.1. The number of nitrogens with zero attached hydrogens (tertiary/aromatic N) is 5. The lowest BCUT2D eigenvalue weighted by molar-refractivity contribution is -0.127. The van der Waals surface area contributed by atoms with Crippen LogP contribution in [0.3, 0.4) is 0 Å². The van der Waals surface area contributed by atoms with Crippen molar-refractivity contribution in [3.63, 3.8) is 0 Å². The molecule has 2 amide bonds. The molecule has 0 aliphatic carbocycles. The number of hydrogen-bond donors (Lipinski definition) is 2. The fourth-order valence-electron chi connectivity index (χ4n) is 4.02. The molecule has 3 aromatic rings. The van der Waals surface area contributed by atoms with Gasteiger partial charge in [0, 0.05) is 45.1 Å². The van der Waals surface area contributed by atoms with Gasteiger partial charge in [-0.3, -0.25) is 29.6 Å². The van der Waals surface area contributed by atoms with Crippen LogP contribution in [0.15, 0.2) is 55.1 Å². The van der Waals surface area contributed by atoms with Gasteiger partial charge in [-0.15, -0.1) is 0 Å². The summed E-state index contributed by atoms with van der Waals surface area (Å²) in [6.45, 7) is 2.94. The molecule has 1 saturated heterocycles. The maximum atomic E-state index is 13.8. The number of rotatable bonds is 9. The average molecular weight is 482 g/mol. The Morgan fingerprint density at radius 3 is 2.71 bits per heavy atom. The maximum Gasteiger partial charge on any atom is 0.274 e. The zero-order chi connectivity index (χ0) is 24.5. The van der Waals surface area contributed by atoms with E-state index in [9.17, 15) is 14.0 Å². The van der Waals surface area contributed by atoms with Gasteiger partial charge in [-0.25, -0.2) is 4.39 Å². The molecule has 1 aromatic carbocycles. The fraction of sp³-hybridized carbons (Fsp3) is 0.375. The third kappa shape index (κ3) is 6.46. The summed E-state index contributed by atoms with van der Waals surface area (Å²) in [7, 11) is 0. The molecule has 1 unspecified atom stereocenters. The maximum absolute atomic E-state index is 13.8. The summed E-state index contributed by atoms with van der Waals surface area (Å²) in [6, 6.07) is 9.15. The van der Waals surface area contributed by atoms with Crippen LogP contribution in [0, 0.1) is 5.82 Å². The van der Waals surface area contributed by atoms with Crippen molar-refractivity contribution in [2.45, 2.75) is 19.1 Å². The third-order valence-corrected chi connectivity index (χ3v) is 5.76. The summed E-state index contributed by atoms with van der Waals surface area (Å²) in [4.78, 5) is 37.9. The summed E-state index contributed by atoms with van der Waals surface area (Å²) in [6.07, 6.45) is 6.27. The predicted molar refractivity (Wildman–Crippen MR) is 125 cm³/mol. The van der Waals surface area contributed by atoms with E-state index in [1.54, 1.807) is 23.5 Å². The number of carbonyl (C=O) groups is 2. The Morgan fingerprint density at radius 2 is 1.97 bits per heavy atom. The smallest absolute Gasteiger partial charge is 0.274 e. The lowest BCUT2D eigenvalue weighted by Crippen LogP contribution is -2.44. The number of H-pyrrole nitrogens is 1. The Labute approximate surface area is 202 Å². The van der Waals surface area contributed by atoms with Gasteiger partial charge < -0.3 is 15.0 Å². The number of carbonyl (C=O) groups excluding carboxylic acids is 2. The molecule has 1 aliphatic rings. The molecule has 2 aromatic heterocycles. The van der Waals surface area contributed by atoms with E-state index in [0.29, 0.717) is 58.1 Å². The highest BCUT2D eigenvalue weighted by molar-refractivity contribution is 5.92. The second-order valence-corrected chi connectivity index (χ2v) is 8.14. The first-order valence-corrected chi connectivity index (χ1v) is 11.5. The van der Waals surface area contributed by atoms with Crippen LogP contribution >= 0.6 is 0 Å². The van der Waals surface area contributed by atoms with Gasteiger partial charge in [0.25, 0.3) is 5.91 Å². The Hall–Kier alpha value is -3.70. The number of benzene rings is 1. The van der Waals surface area contributed by atoms with Crippen LogP contribution in [0.1, 0.15) is 34.2 Å². The summed E-state index contributed by atoms with van der Waals surface area (Å²) in [5, 5.41) is 8.94. The summed E-state index contributed by atoms with van der Waals surface area (Å²) in [5.74, 6) is -1.34. The number of halogens is 1. The largest absolute Gasteiger partial charge is 0.375 e. The molecular formula is C24H28FN7O3. The number of nitrogens with one attached hydrogen (secondary N) is 2. The molecule has 0 radical (unpaired) electrons. The van der Waals surface area contributed by atoms with Gasteiger partial charge >= 0.3 is 0 Å².